The predicted octanol–water partition coefficient (Wildman–Crippen LogP) is 2.40. The molecule has 0 aliphatic carbocycles. The van der Waals surface area contributed by atoms with E-state index >= 15 is 0 Å². The lowest BCUT2D eigenvalue weighted by Gasteiger charge is -2.15. The molecular formula is C24H20N6O3. The second-order valence-corrected chi connectivity index (χ2v) is 7.70. The molecule has 0 bridgehead atoms. The molecule has 0 saturated carbocycles. The lowest BCUT2D eigenvalue weighted by Crippen LogP contribution is -2.35. The summed E-state index contributed by atoms with van der Waals surface area (Å²) in [6.07, 6.45) is 6.54. The average Bonchev–Trinajstić information content (AvgIpc) is 3.34. The molecule has 0 aromatic carbocycles. The topological polar surface area (TPSA) is 118 Å². The van der Waals surface area contributed by atoms with E-state index in [0.717, 1.165) is 11.1 Å². The van der Waals surface area contributed by atoms with Gasteiger partial charge < -0.3 is 14.3 Å². The first-order chi connectivity index (χ1) is 16.0. The van der Waals surface area contributed by atoms with E-state index in [-0.39, 0.29) is 35.1 Å². The predicted molar refractivity (Wildman–Crippen MR) is 121 cm³/mol. The number of rotatable bonds is 5. The lowest BCUT2D eigenvalue weighted by atomic mass is 10.1. The van der Waals surface area contributed by atoms with E-state index < -0.39 is 5.91 Å². The van der Waals surface area contributed by atoms with Gasteiger partial charge in [0.2, 0.25) is 0 Å². The van der Waals surface area contributed by atoms with Crippen LogP contribution in [-0.2, 0) is 13.1 Å². The Kier molecular flexibility index (Phi) is 5.06. The molecule has 164 valence electrons. The maximum Gasteiger partial charge on any atom is 0.267 e. The molecule has 0 atom stereocenters. The smallest absolute Gasteiger partial charge is 0.267 e. The van der Waals surface area contributed by atoms with Gasteiger partial charge in [0.25, 0.3) is 11.5 Å². The number of nitrogens with zero attached hydrogens (tertiary/aromatic N) is 4. The summed E-state index contributed by atoms with van der Waals surface area (Å²) in [7, 11) is 0. The van der Waals surface area contributed by atoms with Crippen molar-refractivity contribution in [2.75, 3.05) is 0 Å². The van der Waals surface area contributed by atoms with Gasteiger partial charge >= 0.3 is 0 Å². The third kappa shape index (κ3) is 3.80. The van der Waals surface area contributed by atoms with Gasteiger partial charge in [-0.3, -0.25) is 24.4 Å². The highest BCUT2D eigenvalue weighted by Gasteiger charge is 2.18. The molecule has 33 heavy (non-hydrogen) atoms. The van der Waals surface area contributed by atoms with Crippen molar-refractivity contribution < 1.29 is 9.21 Å². The highest BCUT2D eigenvalue weighted by atomic mass is 16.3. The standard InChI is InChI=1S/C24H20N6O3/c1-15-4-5-20-28-22-19(24(32)29(20)13-15)11-18(23(31)27-12-17-3-2-10-33-17)21(25)30(22)14-16-6-8-26-9-7-16/h2-11,13,25H,12,14H2,1H3,(H,27,31). The van der Waals surface area contributed by atoms with Crippen molar-refractivity contribution in [1.29, 1.82) is 5.41 Å². The Balaban J connectivity index is 1.71. The summed E-state index contributed by atoms with van der Waals surface area (Å²) in [6.45, 7) is 2.31. The Morgan fingerprint density at radius 1 is 1.18 bits per heavy atom. The zero-order valence-electron chi connectivity index (χ0n) is 17.8. The molecule has 5 heterocycles. The molecule has 0 unspecified atom stereocenters. The van der Waals surface area contributed by atoms with Crippen molar-refractivity contribution in [3.05, 3.63) is 106 Å². The molecule has 1 amide bonds. The number of fused-ring (bicyclic) bond motifs is 2. The molecule has 9 heteroatoms. The maximum atomic E-state index is 13.4. The fraction of sp³-hybridized carbons (Fsp3) is 0.125. The van der Waals surface area contributed by atoms with Crippen molar-refractivity contribution in [1.82, 2.24) is 24.3 Å². The second-order valence-electron chi connectivity index (χ2n) is 7.70. The molecule has 5 aromatic rings. The zero-order chi connectivity index (χ0) is 22.9. The molecule has 5 aromatic heterocycles. The number of amides is 1. The van der Waals surface area contributed by atoms with Crippen LogP contribution in [0.25, 0.3) is 16.7 Å². The number of carbonyl (C=O) groups excluding carboxylic acids is 1. The number of hydrogen-bond acceptors (Lipinski definition) is 6. The first-order valence-electron chi connectivity index (χ1n) is 10.3. The van der Waals surface area contributed by atoms with Gasteiger partial charge in [0.1, 0.15) is 22.5 Å². The van der Waals surface area contributed by atoms with E-state index in [4.69, 9.17) is 9.83 Å². The summed E-state index contributed by atoms with van der Waals surface area (Å²) in [4.78, 5) is 35.1. The first kappa shape index (κ1) is 20.4. The maximum absolute atomic E-state index is 13.4. The minimum Gasteiger partial charge on any atom is -0.467 e. The van der Waals surface area contributed by atoms with Gasteiger partial charge in [0.15, 0.2) is 0 Å². The Labute approximate surface area is 187 Å². The second kappa shape index (κ2) is 8.19. The van der Waals surface area contributed by atoms with Crippen molar-refractivity contribution in [2.24, 2.45) is 0 Å². The monoisotopic (exact) mass is 440 g/mol. The van der Waals surface area contributed by atoms with Gasteiger partial charge in [0, 0.05) is 18.6 Å². The summed E-state index contributed by atoms with van der Waals surface area (Å²) in [5, 5.41) is 11.8. The Hall–Kier alpha value is -4.53. The average molecular weight is 440 g/mol. The van der Waals surface area contributed by atoms with Crippen LogP contribution in [0.15, 0.2) is 76.5 Å². The van der Waals surface area contributed by atoms with Crippen LogP contribution < -0.4 is 16.4 Å². The number of aromatic nitrogens is 4. The van der Waals surface area contributed by atoms with Gasteiger partial charge in [-0.2, -0.15) is 0 Å². The molecule has 0 radical (unpaired) electrons. The summed E-state index contributed by atoms with van der Waals surface area (Å²) in [5.41, 5.74) is 2.31. The van der Waals surface area contributed by atoms with Crippen molar-refractivity contribution in [3.63, 3.8) is 0 Å². The SMILES string of the molecule is Cc1ccc2nc3c(cc(C(=O)NCc4ccco4)c(=N)n3Cc3ccncc3)c(=O)n2c1. The molecule has 5 rings (SSSR count). The fourth-order valence-corrected chi connectivity index (χ4v) is 3.72. The Morgan fingerprint density at radius 3 is 2.76 bits per heavy atom. The van der Waals surface area contributed by atoms with Crippen molar-refractivity contribution in [2.45, 2.75) is 20.0 Å². The number of pyridine rings is 3. The summed E-state index contributed by atoms with van der Waals surface area (Å²) in [6, 6.07) is 12.2. The molecule has 0 aliphatic heterocycles. The van der Waals surface area contributed by atoms with E-state index in [9.17, 15) is 9.59 Å². The van der Waals surface area contributed by atoms with Gasteiger partial charge in [0.05, 0.1) is 30.3 Å². The summed E-state index contributed by atoms with van der Waals surface area (Å²) >= 11 is 0. The van der Waals surface area contributed by atoms with Crippen molar-refractivity contribution >= 4 is 22.6 Å². The van der Waals surface area contributed by atoms with Crippen molar-refractivity contribution in [3.8, 4) is 0 Å². The minimum atomic E-state index is -0.476. The Bertz CT molecular complexity index is 1600. The molecule has 2 N–H and O–H groups in total. The largest absolute Gasteiger partial charge is 0.467 e. The van der Waals surface area contributed by atoms with Crippen LogP contribution in [0, 0.1) is 12.3 Å². The number of carbonyl (C=O) groups is 1. The normalized spacial score (nSPS) is 11.2. The molecule has 0 spiro atoms. The van der Waals surface area contributed by atoms with Crippen LogP contribution in [0.5, 0.6) is 0 Å². The summed E-state index contributed by atoms with van der Waals surface area (Å²) < 4.78 is 8.30. The highest BCUT2D eigenvalue weighted by Crippen LogP contribution is 2.13. The third-order valence-corrected chi connectivity index (χ3v) is 5.39. The van der Waals surface area contributed by atoms with Crippen LogP contribution >= 0.6 is 0 Å². The van der Waals surface area contributed by atoms with Gasteiger partial charge in [-0.25, -0.2) is 4.98 Å². The summed E-state index contributed by atoms with van der Waals surface area (Å²) in [5.74, 6) is 0.110. The minimum absolute atomic E-state index is 0.0420. The van der Waals surface area contributed by atoms with Gasteiger partial charge in [-0.15, -0.1) is 0 Å². The van der Waals surface area contributed by atoms with E-state index in [1.54, 1.807) is 41.4 Å². The van der Waals surface area contributed by atoms with Crippen LogP contribution in [0.3, 0.4) is 0 Å². The van der Waals surface area contributed by atoms with Crippen LogP contribution in [0.4, 0.5) is 0 Å². The lowest BCUT2D eigenvalue weighted by molar-refractivity contribution is 0.0945. The molecule has 9 nitrogen and oxygen atoms in total. The third-order valence-electron chi connectivity index (χ3n) is 5.39. The molecular weight excluding hydrogens is 420 g/mol. The number of hydrogen-bond donors (Lipinski definition) is 2. The quantitative estimate of drug-likeness (QED) is 0.407. The van der Waals surface area contributed by atoms with Crippen LogP contribution in [0.2, 0.25) is 0 Å². The van der Waals surface area contributed by atoms with E-state index in [2.05, 4.69) is 15.3 Å². The van der Waals surface area contributed by atoms with Gasteiger partial charge in [-0.05, 0) is 54.4 Å². The molecule has 0 fully saturated rings. The van der Waals surface area contributed by atoms with E-state index in [1.807, 2.05) is 25.1 Å². The number of aryl methyl sites for hydroxylation is 1. The molecule has 0 aliphatic rings. The zero-order valence-corrected chi connectivity index (χ0v) is 17.8. The highest BCUT2D eigenvalue weighted by molar-refractivity contribution is 5.96. The van der Waals surface area contributed by atoms with Crippen LogP contribution in [0.1, 0.15) is 27.2 Å². The first-order valence-corrected chi connectivity index (χ1v) is 10.3. The van der Waals surface area contributed by atoms with E-state index in [1.165, 1.54) is 16.7 Å². The fourth-order valence-electron chi connectivity index (χ4n) is 3.72. The van der Waals surface area contributed by atoms with E-state index in [0.29, 0.717) is 17.1 Å². The Morgan fingerprint density at radius 2 is 2.00 bits per heavy atom. The number of furan rings is 1. The van der Waals surface area contributed by atoms with Gasteiger partial charge in [-0.1, -0.05) is 6.07 Å². The number of nitrogens with one attached hydrogen (secondary N) is 2. The molecule has 0 saturated heterocycles. The van der Waals surface area contributed by atoms with Crippen LogP contribution in [-0.4, -0.2) is 24.8 Å².